The number of carbonyl (C=O) groups is 3. The van der Waals surface area contributed by atoms with E-state index in [1.807, 2.05) is 0 Å². The molecule has 9 atom stereocenters. The summed E-state index contributed by atoms with van der Waals surface area (Å²) in [4.78, 5) is 83.1. The predicted octanol–water partition coefficient (Wildman–Crippen LogP) is 5.52. The van der Waals surface area contributed by atoms with E-state index >= 15 is 4.79 Å². The lowest BCUT2D eigenvalue weighted by Crippen LogP contribution is -2.47. The molecular weight excluding hydrogens is 1020 g/mol. The van der Waals surface area contributed by atoms with Gasteiger partial charge in [0.1, 0.15) is 34.5 Å². The van der Waals surface area contributed by atoms with Gasteiger partial charge in [-0.25, -0.2) is 15.2 Å². The standard InChI is InChI=1S/C58H69N7O14/c1-28(2)27-64-20-22-65(23-21-64)37-25-38(66)44-40(26-37)77-53-45(60-44)41-42-49(69)34(8)52-43(41)54(71)58(10,79-52)76-24-17-39(75-11)31(5)51(78-57(74)35(9)62-63-56(73)36-15-18-59-19-16-36)33(7)48(68)32(6)47(67)29(3)13-12-14-30(4)55(72)61-46(53)50(42)70/h12-19,24-26,28-29,31-33,39,47-48,51,67-69,71H,20-23,27H2,1-11H3,(H,61,72)(H,63,73). The Bertz CT molecular complexity index is 3500. The maximum Gasteiger partial charge on any atom is 0.354 e. The number of aromatic nitrogens is 2. The Kier molecular flexibility index (Phi) is 17.0. The van der Waals surface area contributed by atoms with Crippen molar-refractivity contribution in [3.63, 3.8) is 0 Å². The second-order valence-corrected chi connectivity index (χ2v) is 21.4. The lowest BCUT2D eigenvalue weighted by molar-refractivity contribution is -0.155. The number of nitrogens with zero attached hydrogens (tertiary/aromatic N) is 5. The van der Waals surface area contributed by atoms with Crippen molar-refractivity contribution in [3.05, 3.63) is 110 Å². The molecule has 1 saturated heterocycles. The highest BCUT2D eigenvalue weighted by Gasteiger charge is 2.44. The first-order valence-electron chi connectivity index (χ1n) is 26.3. The monoisotopic (exact) mass is 1090 g/mol. The number of aliphatic hydroxyl groups is 3. The molecule has 1 fully saturated rings. The summed E-state index contributed by atoms with van der Waals surface area (Å²) < 4.78 is 31.1. The van der Waals surface area contributed by atoms with Crippen LogP contribution >= 0.6 is 0 Å². The number of phenols is 1. The number of fused-ring (bicyclic) bond motifs is 14. The van der Waals surface area contributed by atoms with Gasteiger partial charge in [-0.05, 0) is 44.9 Å². The molecule has 21 nitrogen and oxygen atoms in total. The van der Waals surface area contributed by atoms with E-state index < -0.39 is 99.7 Å². The molecule has 5 aromatic rings. The van der Waals surface area contributed by atoms with Crippen LogP contribution in [0.25, 0.3) is 38.7 Å². The van der Waals surface area contributed by atoms with Gasteiger partial charge in [0.2, 0.25) is 10.9 Å². The summed E-state index contributed by atoms with van der Waals surface area (Å²) in [5.74, 6) is -8.21. The van der Waals surface area contributed by atoms with Gasteiger partial charge in [0.25, 0.3) is 11.8 Å². The van der Waals surface area contributed by atoms with Crippen LogP contribution in [-0.2, 0) is 23.8 Å². The van der Waals surface area contributed by atoms with Crippen LogP contribution in [0, 0.1) is 36.5 Å². The normalized spacial score (nSPS) is 25.7. The van der Waals surface area contributed by atoms with Crippen molar-refractivity contribution >= 4 is 73.6 Å². The highest BCUT2D eigenvalue weighted by Crippen LogP contribution is 2.42. The van der Waals surface area contributed by atoms with Gasteiger partial charge in [-0.1, -0.05) is 59.8 Å². The number of anilines is 2. The smallest absolute Gasteiger partial charge is 0.354 e. The molecule has 6 heterocycles. The number of phenolic OH excluding ortho intramolecular Hbond substituents is 1. The zero-order valence-electron chi connectivity index (χ0n) is 46.2. The van der Waals surface area contributed by atoms with Gasteiger partial charge in [-0.3, -0.25) is 29.1 Å². The van der Waals surface area contributed by atoms with Gasteiger partial charge in [0.15, 0.2) is 22.4 Å². The number of piperazine rings is 1. The van der Waals surface area contributed by atoms with Crippen molar-refractivity contribution in [3.8, 4) is 11.5 Å². The molecule has 420 valence electrons. The van der Waals surface area contributed by atoms with E-state index in [0.29, 0.717) is 24.7 Å². The van der Waals surface area contributed by atoms with Crippen molar-refractivity contribution in [2.45, 2.75) is 99.4 Å². The molecule has 9 rings (SSSR count). The second-order valence-electron chi connectivity index (χ2n) is 21.4. The first-order valence-corrected chi connectivity index (χ1v) is 26.3. The third-order valence-electron chi connectivity index (χ3n) is 15.3. The maximum atomic E-state index is 15.0. The Balaban J connectivity index is 1.26. The Morgan fingerprint density at radius 2 is 1.65 bits per heavy atom. The number of benzene rings is 3. The minimum Gasteiger partial charge on any atom is -0.507 e. The third kappa shape index (κ3) is 11.4. The van der Waals surface area contributed by atoms with E-state index in [0.717, 1.165) is 19.6 Å². The number of carbonyl (C=O) groups excluding carboxylic acids is 3. The SMILES string of the molecule is COC1C=COC2(C)Oc3c(C)c(O)c4c(=O)c(c5oc6cc(N7CCN(CC(C)C)CC7)cc(=O)c6nc5c4c3=C2O)NC(=O)C(C)=CC=CC(C)C(O)C(C)C(O)C(C)C(OC(=O)C(C)=NNC(=O)c2ccncc2)C1C. The highest BCUT2D eigenvalue weighted by atomic mass is 16.7. The number of rotatable bonds is 8. The van der Waals surface area contributed by atoms with Gasteiger partial charge < -0.3 is 54.0 Å². The van der Waals surface area contributed by atoms with Gasteiger partial charge in [0.05, 0.1) is 35.2 Å². The summed E-state index contributed by atoms with van der Waals surface area (Å²) in [7, 11) is 1.40. The maximum absolute atomic E-state index is 15.0. The fraction of sp³-hybridized carbons (Fsp3) is 0.448. The van der Waals surface area contributed by atoms with Crippen LogP contribution in [0.2, 0.25) is 0 Å². The van der Waals surface area contributed by atoms with E-state index in [-0.39, 0.29) is 66.4 Å². The Morgan fingerprint density at radius 3 is 2.32 bits per heavy atom. The van der Waals surface area contributed by atoms with E-state index in [2.05, 4.69) is 44.5 Å². The molecular formula is C58H69N7O14. The molecule has 21 heteroatoms. The molecule has 2 aromatic heterocycles. The molecule has 5 bridgehead atoms. The van der Waals surface area contributed by atoms with Gasteiger partial charge >= 0.3 is 11.8 Å². The van der Waals surface area contributed by atoms with Gasteiger partial charge in [-0.2, -0.15) is 5.10 Å². The number of hydrogen-bond donors (Lipinski definition) is 6. The largest absolute Gasteiger partial charge is 0.507 e. The van der Waals surface area contributed by atoms with E-state index in [1.54, 1.807) is 45.9 Å². The Hall–Kier alpha value is -7.72. The molecule has 9 unspecified atom stereocenters. The minimum absolute atomic E-state index is 0.0156. The number of pyridine rings is 1. The number of hydrazone groups is 1. The van der Waals surface area contributed by atoms with Crippen LogP contribution < -0.4 is 36.5 Å². The lowest BCUT2D eigenvalue weighted by Gasteiger charge is -2.38. The van der Waals surface area contributed by atoms with Crippen molar-refractivity contribution in [1.82, 2.24) is 20.3 Å². The number of ether oxygens (including phenoxy) is 4. The summed E-state index contributed by atoms with van der Waals surface area (Å²) in [5.41, 5.74) is 0.728. The van der Waals surface area contributed by atoms with Gasteiger partial charge in [-0.15, -0.1) is 0 Å². The highest BCUT2D eigenvalue weighted by molar-refractivity contribution is 6.35. The molecule has 0 spiro atoms. The fourth-order valence-electron chi connectivity index (χ4n) is 10.5. The van der Waals surface area contributed by atoms with Crippen molar-refractivity contribution in [1.29, 1.82) is 0 Å². The van der Waals surface area contributed by atoms with Crippen LogP contribution in [0.5, 0.6) is 11.5 Å². The van der Waals surface area contributed by atoms with E-state index in [4.69, 9.17) is 28.3 Å². The minimum atomic E-state index is -2.06. The fourth-order valence-corrected chi connectivity index (χ4v) is 10.5. The topological polar surface area (TPSA) is 285 Å². The number of allylic oxidation sites excluding steroid dienone is 2. The Labute approximate surface area is 455 Å². The molecule has 3 aromatic carbocycles. The molecule has 0 radical (unpaired) electrons. The van der Waals surface area contributed by atoms with Crippen molar-refractivity contribution in [2.24, 2.45) is 34.7 Å². The number of nitrogens with one attached hydrogen (secondary N) is 2. The summed E-state index contributed by atoms with van der Waals surface area (Å²) >= 11 is 0. The second kappa shape index (κ2) is 23.3. The lowest BCUT2D eigenvalue weighted by atomic mass is 9.78. The Morgan fingerprint density at radius 1 is 0.949 bits per heavy atom. The predicted molar refractivity (Wildman–Crippen MR) is 298 cm³/mol. The molecule has 6 N–H and O–H groups in total. The van der Waals surface area contributed by atoms with E-state index in [9.17, 15) is 39.6 Å². The number of methoxy groups -OCH3 is 1. The zero-order chi connectivity index (χ0) is 57.4. The zero-order valence-corrected chi connectivity index (χ0v) is 46.2. The summed E-state index contributed by atoms with van der Waals surface area (Å²) in [6, 6.07) is 6.07. The molecule has 4 aliphatic heterocycles. The molecule has 0 aliphatic carbocycles. The first-order chi connectivity index (χ1) is 37.5. The van der Waals surface area contributed by atoms with Crippen LogP contribution in [0.3, 0.4) is 0 Å². The van der Waals surface area contributed by atoms with Crippen LogP contribution in [0.4, 0.5) is 11.4 Å². The molecule has 0 saturated carbocycles. The molecule has 79 heavy (non-hydrogen) atoms. The summed E-state index contributed by atoms with van der Waals surface area (Å²) in [6.07, 6.45) is 5.59. The quantitative estimate of drug-likeness (QED) is 0.0367. The third-order valence-corrected chi connectivity index (χ3v) is 15.3. The molecule has 2 amide bonds. The average molecular weight is 1090 g/mol. The number of aromatic hydroxyl groups is 1. The summed E-state index contributed by atoms with van der Waals surface area (Å²) in [6.45, 7) is 20.5. The van der Waals surface area contributed by atoms with Crippen LogP contribution in [0.1, 0.15) is 78.2 Å². The molecule has 4 aliphatic rings. The number of aliphatic hydroxyl groups excluding tert-OH is 3. The van der Waals surface area contributed by atoms with Crippen molar-refractivity contribution < 1.29 is 58.2 Å². The first kappa shape index (κ1) is 57.5. The van der Waals surface area contributed by atoms with Crippen LogP contribution in [-0.4, -0.2) is 129 Å². The number of hydrogen-bond acceptors (Lipinski definition) is 19. The van der Waals surface area contributed by atoms with E-state index in [1.165, 1.54) is 83.8 Å². The van der Waals surface area contributed by atoms with Gasteiger partial charge in [0, 0.05) is 123 Å². The van der Waals surface area contributed by atoms with Crippen molar-refractivity contribution in [2.75, 3.05) is 50.1 Å². The number of amides is 2. The average Bonchev–Trinajstić information content (AvgIpc) is 3.70. The van der Waals surface area contributed by atoms with Crippen LogP contribution in [0.15, 0.2) is 91.9 Å². The number of esters is 1. The summed E-state index contributed by atoms with van der Waals surface area (Å²) in [5, 5.41) is 54.0.